The third kappa shape index (κ3) is 1.17. The molecule has 84 valence electrons. The zero-order chi connectivity index (χ0) is 11.4. The predicted molar refractivity (Wildman–Crippen MR) is 67.1 cm³/mol. The van der Waals surface area contributed by atoms with Gasteiger partial charge in [-0.3, -0.25) is 4.79 Å². The molecule has 4 atom stereocenters. The lowest BCUT2D eigenvalue weighted by Gasteiger charge is -2.17. The van der Waals surface area contributed by atoms with E-state index in [1.807, 2.05) is 30.3 Å². The van der Waals surface area contributed by atoms with Crippen LogP contribution in [0, 0.1) is 23.7 Å². The molecule has 4 rings (SSSR count). The number of carbonyl (C=O) groups excluding carboxylic acids is 1. The molecule has 1 fully saturated rings. The Labute approximate surface area is 101 Å². The van der Waals surface area contributed by atoms with Gasteiger partial charge >= 0.3 is 0 Å². The average Bonchev–Trinajstić information content (AvgIpc) is 3.03. The maximum Gasteiger partial charge on any atom is 0.167 e. The molecule has 0 N–H and O–H groups in total. The third-order valence-electron chi connectivity index (χ3n) is 4.53. The Morgan fingerprint density at radius 1 is 1.00 bits per heavy atom. The van der Waals surface area contributed by atoms with Crippen LogP contribution in [0.2, 0.25) is 0 Å². The number of Topliss-reactive ketones (excluding diaryl/α,β-unsaturated/α-hetero) is 1. The van der Waals surface area contributed by atoms with E-state index >= 15 is 0 Å². The minimum Gasteiger partial charge on any atom is -0.294 e. The van der Waals surface area contributed by atoms with Crippen LogP contribution in [0.4, 0.5) is 0 Å². The van der Waals surface area contributed by atoms with Gasteiger partial charge in [0.05, 0.1) is 0 Å². The molecule has 4 unspecified atom stereocenters. The van der Waals surface area contributed by atoms with Crippen molar-refractivity contribution in [3.05, 3.63) is 54.1 Å². The lowest BCUT2D eigenvalue weighted by molar-refractivity contribution is -0.117. The molecule has 0 saturated heterocycles. The average molecular weight is 222 g/mol. The SMILES string of the molecule is O=C1C(c2ccccc2)=CC2C3C=CC(C3)C12. The molecule has 3 aliphatic rings. The number of hydrogen-bond acceptors (Lipinski definition) is 1. The van der Waals surface area contributed by atoms with Crippen molar-refractivity contribution in [2.45, 2.75) is 6.42 Å². The summed E-state index contributed by atoms with van der Waals surface area (Å²) in [5, 5.41) is 0. The van der Waals surface area contributed by atoms with Gasteiger partial charge in [-0.1, -0.05) is 48.6 Å². The molecule has 0 radical (unpaired) electrons. The second kappa shape index (κ2) is 3.19. The molecule has 1 saturated carbocycles. The van der Waals surface area contributed by atoms with Crippen LogP contribution in [0.1, 0.15) is 12.0 Å². The minimum atomic E-state index is 0.250. The quantitative estimate of drug-likeness (QED) is 0.667. The second-order valence-electron chi connectivity index (χ2n) is 5.36. The van der Waals surface area contributed by atoms with Crippen molar-refractivity contribution in [2.75, 3.05) is 0 Å². The summed E-state index contributed by atoms with van der Waals surface area (Å²) in [4.78, 5) is 12.5. The van der Waals surface area contributed by atoms with E-state index in [9.17, 15) is 4.79 Å². The smallest absolute Gasteiger partial charge is 0.167 e. The fraction of sp³-hybridized carbons (Fsp3) is 0.312. The van der Waals surface area contributed by atoms with Crippen LogP contribution in [0.15, 0.2) is 48.6 Å². The molecule has 0 heterocycles. The van der Waals surface area contributed by atoms with Crippen molar-refractivity contribution in [3.63, 3.8) is 0 Å². The molecule has 1 aromatic rings. The van der Waals surface area contributed by atoms with Gasteiger partial charge in [0.15, 0.2) is 5.78 Å². The lowest BCUT2D eigenvalue weighted by Crippen LogP contribution is -2.20. The summed E-state index contributed by atoms with van der Waals surface area (Å²) in [5.74, 6) is 2.23. The number of fused-ring (bicyclic) bond motifs is 5. The highest BCUT2D eigenvalue weighted by Gasteiger charge is 2.51. The largest absolute Gasteiger partial charge is 0.294 e. The predicted octanol–water partition coefficient (Wildman–Crippen LogP) is 3.09. The summed E-state index contributed by atoms with van der Waals surface area (Å²) in [6, 6.07) is 10.1. The Bertz CT molecular complexity index is 538. The van der Waals surface area contributed by atoms with Crippen molar-refractivity contribution in [2.24, 2.45) is 23.7 Å². The number of ketones is 1. The summed E-state index contributed by atoms with van der Waals surface area (Å²) in [6.45, 7) is 0. The molecule has 0 aromatic heterocycles. The maximum absolute atomic E-state index is 12.5. The van der Waals surface area contributed by atoms with Gasteiger partial charge in [-0.2, -0.15) is 0 Å². The molecule has 0 aliphatic heterocycles. The minimum absolute atomic E-state index is 0.250. The zero-order valence-electron chi connectivity index (χ0n) is 9.54. The van der Waals surface area contributed by atoms with Crippen LogP contribution >= 0.6 is 0 Å². The summed E-state index contributed by atoms with van der Waals surface area (Å²) in [5.41, 5.74) is 2.05. The van der Waals surface area contributed by atoms with Crippen molar-refractivity contribution in [1.29, 1.82) is 0 Å². The van der Waals surface area contributed by atoms with Gasteiger partial charge in [0, 0.05) is 11.5 Å². The molecule has 0 amide bonds. The van der Waals surface area contributed by atoms with Gasteiger partial charge in [0.1, 0.15) is 0 Å². The van der Waals surface area contributed by atoms with E-state index in [1.165, 1.54) is 6.42 Å². The van der Waals surface area contributed by atoms with Gasteiger partial charge in [-0.05, 0) is 29.7 Å². The van der Waals surface area contributed by atoms with Crippen LogP contribution in [-0.4, -0.2) is 5.78 Å². The topological polar surface area (TPSA) is 17.1 Å². The molecule has 1 nitrogen and oxygen atoms in total. The highest BCUT2D eigenvalue weighted by Crippen LogP contribution is 2.54. The maximum atomic E-state index is 12.5. The summed E-state index contributed by atoms with van der Waals surface area (Å²) in [7, 11) is 0. The van der Waals surface area contributed by atoms with E-state index in [1.54, 1.807) is 0 Å². The van der Waals surface area contributed by atoms with Gasteiger partial charge in [-0.15, -0.1) is 0 Å². The van der Waals surface area contributed by atoms with E-state index in [0.29, 0.717) is 23.5 Å². The van der Waals surface area contributed by atoms with Crippen LogP contribution in [-0.2, 0) is 4.79 Å². The number of benzene rings is 1. The van der Waals surface area contributed by atoms with Crippen LogP contribution in [0.25, 0.3) is 5.57 Å². The number of carbonyl (C=O) groups is 1. The Morgan fingerprint density at radius 3 is 2.53 bits per heavy atom. The van der Waals surface area contributed by atoms with Crippen molar-refractivity contribution >= 4 is 11.4 Å². The van der Waals surface area contributed by atoms with Gasteiger partial charge in [0.25, 0.3) is 0 Å². The third-order valence-corrected chi connectivity index (χ3v) is 4.53. The van der Waals surface area contributed by atoms with Crippen molar-refractivity contribution in [3.8, 4) is 0 Å². The van der Waals surface area contributed by atoms with E-state index < -0.39 is 0 Å². The molecular formula is C16H14O. The van der Waals surface area contributed by atoms with Gasteiger partial charge < -0.3 is 0 Å². The first-order valence-corrected chi connectivity index (χ1v) is 6.34. The monoisotopic (exact) mass is 222 g/mol. The first kappa shape index (κ1) is 9.41. The van der Waals surface area contributed by atoms with Gasteiger partial charge in [0.2, 0.25) is 0 Å². The fourth-order valence-electron chi connectivity index (χ4n) is 3.77. The molecule has 1 heteroatoms. The highest BCUT2D eigenvalue weighted by molar-refractivity contribution is 6.24. The number of hydrogen-bond donors (Lipinski definition) is 0. The first-order valence-electron chi connectivity index (χ1n) is 6.34. The van der Waals surface area contributed by atoms with E-state index in [2.05, 4.69) is 18.2 Å². The number of allylic oxidation sites excluding steroid dienone is 4. The van der Waals surface area contributed by atoms with Crippen LogP contribution in [0.5, 0.6) is 0 Å². The van der Waals surface area contributed by atoms with E-state index in [0.717, 1.165) is 11.1 Å². The van der Waals surface area contributed by atoms with Crippen molar-refractivity contribution < 1.29 is 4.79 Å². The second-order valence-corrected chi connectivity index (χ2v) is 5.36. The lowest BCUT2D eigenvalue weighted by atomic mass is 9.84. The molecule has 0 spiro atoms. The normalized spacial score (nSPS) is 37.4. The Balaban J connectivity index is 1.77. The van der Waals surface area contributed by atoms with Crippen molar-refractivity contribution in [1.82, 2.24) is 0 Å². The van der Waals surface area contributed by atoms with Gasteiger partial charge in [-0.25, -0.2) is 0 Å². The van der Waals surface area contributed by atoms with E-state index in [-0.39, 0.29) is 5.92 Å². The Hall–Kier alpha value is -1.63. The summed E-state index contributed by atoms with van der Waals surface area (Å²) in [6.07, 6.45) is 7.99. The molecule has 3 aliphatic carbocycles. The first-order chi connectivity index (χ1) is 8.34. The molecule has 17 heavy (non-hydrogen) atoms. The zero-order valence-corrected chi connectivity index (χ0v) is 9.54. The van der Waals surface area contributed by atoms with Crippen LogP contribution < -0.4 is 0 Å². The highest BCUT2D eigenvalue weighted by atomic mass is 16.1. The summed E-state index contributed by atoms with van der Waals surface area (Å²) >= 11 is 0. The Kier molecular flexibility index (Phi) is 1.77. The standard InChI is InChI=1S/C16H14O/c17-16-14(10-4-2-1-3-5-10)9-13-11-6-7-12(8-11)15(13)16/h1-7,9,11-13,15H,8H2. The fourth-order valence-corrected chi connectivity index (χ4v) is 3.77. The Morgan fingerprint density at radius 2 is 1.76 bits per heavy atom. The molecular weight excluding hydrogens is 208 g/mol. The molecule has 2 bridgehead atoms. The van der Waals surface area contributed by atoms with E-state index in [4.69, 9.17) is 0 Å². The molecule has 1 aromatic carbocycles. The number of rotatable bonds is 1. The summed E-state index contributed by atoms with van der Waals surface area (Å²) < 4.78 is 0. The van der Waals surface area contributed by atoms with Crippen LogP contribution in [0.3, 0.4) is 0 Å².